The van der Waals surface area contributed by atoms with Gasteiger partial charge >= 0.3 is 0 Å². The first-order valence-corrected chi connectivity index (χ1v) is 4.56. The molecule has 4 nitrogen and oxygen atoms in total. The van der Waals surface area contributed by atoms with Crippen LogP contribution in [0.5, 0.6) is 0 Å². The van der Waals surface area contributed by atoms with Crippen LogP contribution in [0.2, 0.25) is 0 Å². The maximum Gasteiger partial charge on any atom is 0.287 e. The zero-order valence-electron chi connectivity index (χ0n) is 6.23. The minimum absolute atomic E-state index is 0.115. The van der Waals surface area contributed by atoms with Crippen LogP contribution in [-0.4, -0.2) is 14.8 Å². The van der Waals surface area contributed by atoms with Crippen LogP contribution in [0.4, 0.5) is 0 Å². The van der Waals surface area contributed by atoms with Gasteiger partial charge in [-0.05, 0) is 35.3 Å². The average Bonchev–Trinajstić information content (AvgIpc) is 2.75. The molecule has 0 fully saturated rings. The fourth-order valence-electron chi connectivity index (χ4n) is 0.853. The van der Waals surface area contributed by atoms with Gasteiger partial charge in [-0.2, -0.15) is 0 Å². The van der Waals surface area contributed by atoms with Crippen LogP contribution in [0.25, 0.3) is 11.5 Å². The number of rotatable bonds is 2. The molecule has 0 saturated heterocycles. The molecule has 0 aliphatic carbocycles. The number of furan rings is 1. The summed E-state index contributed by atoms with van der Waals surface area (Å²) in [6, 6.07) is 3.14. The molecule has 66 valence electrons. The fourth-order valence-corrected chi connectivity index (χ4v) is 1.40. The largest absolute Gasteiger partial charge is 0.450 e. The van der Waals surface area contributed by atoms with Crippen molar-refractivity contribution in [2.24, 2.45) is 0 Å². The van der Waals surface area contributed by atoms with Crippen LogP contribution in [0.1, 0.15) is 10.6 Å². The molecule has 0 N–H and O–H groups in total. The highest BCUT2D eigenvalue weighted by Gasteiger charge is 2.10. The highest BCUT2D eigenvalue weighted by Crippen LogP contribution is 2.21. The van der Waals surface area contributed by atoms with Crippen LogP contribution >= 0.6 is 23.1 Å². The molecule has 0 aliphatic heterocycles. The highest BCUT2D eigenvalue weighted by atomic mass is 35.5. The lowest BCUT2D eigenvalue weighted by molar-refractivity contribution is 0.105. The van der Waals surface area contributed by atoms with Crippen molar-refractivity contribution in [3.63, 3.8) is 0 Å². The van der Waals surface area contributed by atoms with Gasteiger partial charge in [0, 0.05) is 5.38 Å². The summed E-state index contributed by atoms with van der Waals surface area (Å²) in [5, 5.41) is 4.89. The van der Waals surface area contributed by atoms with E-state index in [0.29, 0.717) is 11.5 Å². The summed E-state index contributed by atoms with van der Waals surface area (Å²) < 4.78 is 8.78. The second kappa shape index (κ2) is 3.27. The van der Waals surface area contributed by atoms with E-state index in [2.05, 4.69) is 9.59 Å². The molecular formula is C7H3ClN2O2S. The van der Waals surface area contributed by atoms with Crippen molar-refractivity contribution >= 4 is 28.4 Å². The molecule has 0 saturated carbocycles. The molecule has 0 aromatic carbocycles. The first-order chi connectivity index (χ1) is 6.27. The van der Waals surface area contributed by atoms with Gasteiger partial charge in [0.2, 0.25) is 0 Å². The van der Waals surface area contributed by atoms with E-state index in [1.807, 2.05) is 0 Å². The maximum atomic E-state index is 10.7. The number of hydrogen-bond donors (Lipinski definition) is 0. The van der Waals surface area contributed by atoms with Gasteiger partial charge in [0.25, 0.3) is 5.24 Å². The number of carbonyl (C=O) groups excluding carboxylic acids is 1. The standard InChI is InChI=1S/C7H3ClN2O2S/c8-7(11)6-2-1-5(12-6)4-3-13-10-9-4/h1-3H. The summed E-state index contributed by atoms with van der Waals surface area (Å²) in [4.78, 5) is 10.7. The van der Waals surface area contributed by atoms with Gasteiger partial charge in [-0.15, -0.1) is 5.10 Å². The van der Waals surface area contributed by atoms with Crippen molar-refractivity contribution in [2.45, 2.75) is 0 Å². The van der Waals surface area contributed by atoms with E-state index in [1.165, 1.54) is 17.6 Å². The van der Waals surface area contributed by atoms with Crippen molar-refractivity contribution < 1.29 is 9.21 Å². The number of aromatic nitrogens is 2. The van der Waals surface area contributed by atoms with Gasteiger partial charge in [-0.1, -0.05) is 4.49 Å². The van der Waals surface area contributed by atoms with Crippen molar-refractivity contribution in [1.29, 1.82) is 0 Å². The summed E-state index contributed by atoms with van der Waals surface area (Å²) >= 11 is 6.42. The molecule has 0 amide bonds. The first kappa shape index (κ1) is 8.40. The Morgan fingerprint density at radius 2 is 2.38 bits per heavy atom. The SMILES string of the molecule is O=C(Cl)c1ccc(-c2csnn2)o1. The van der Waals surface area contributed by atoms with E-state index in [1.54, 1.807) is 11.4 Å². The van der Waals surface area contributed by atoms with Gasteiger partial charge in [0.15, 0.2) is 11.5 Å². The lowest BCUT2D eigenvalue weighted by Crippen LogP contribution is -1.81. The number of halogens is 1. The zero-order chi connectivity index (χ0) is 9.26. The Morgan fingerprint density at radius 1 is 1.54 bits per heavy atom. The van der Waals surface area contributed by atoms with Gasteiger partial charge in [0.05, 0.1) is 0 Å². The second-order valence-electron chi connectivity index (χ2n) is 2.23. The molecule has 0 atom stereocenters. The van der Waals surface area contributed by atoms with E-state index in [9.17, 15) is 4.79 Å². The molecule has 0 radical (unpaired) electrons. The van der Waals surface area contributed by atoms with E-state index < -0.39 is 5.24 Å². The fraction of sp³-hybridized carbons (Fsp3) is 0. The van der Waals surface area contributed by atoms with Gasteiger partial charge in [0.1, 0.15) is 5.69 Å². The molecule has 0 spiro atoms. The molecule has 6 heteroatoms. The predicted molar refractivity (Wildman–Crippen MR) is 47.8 cm³/mol. The Hall–Kier alpha value is -1.20. The third-order valence-electron chi connectivity index (χ3n) is 1.41. The Labute approximate surface area is 82.3 Å². The van der Waals surface area contributed by atoms with E-state index in [0.717, 1.165) is 0 Å². The summed E-state index contributed by atoms with van der Waals surface area (Å²) in [5.74, 6) is 0.613. The lowest BCUT2D eigenvalue weighted by atomic mass is 10.4. The number of carbonyl (C=O) groups is 1. The van der Waals surface area contributed by atoms with Crippen LogP contribution in [0, 0.1) is 0 Å². The molecule has 0 unspecified atom stereocenters. The summed E-state index contributed by atoms with van der Waals surface area (Å²) in [5.41, 5.74) is 0.606. The Kier molecular flexibility index (Phi) is 2.12. The molecule has 0 bridgehead atoms. The molecular weight excluding hydrogens is 212 g/mol. The zero-order valence-corrected chi connectivity index (χ0v) is 7.80. The quantitative estimate of drug-likeness (QED) is 0.719. The minimum atomic E-state index is -0.616. The Bertz CT molecular complexity index is 423. The Morgan fingerprint density at radius 3 is 2.92 bits per heavy atom. The van der Waals surface area contributed by atoms with Crippen LogP contribution in [0.3, 0.4) is 0 Å². The number of hydrogen-bond acceptors (Lipinski definition) is 5. The third kappa shape index (κ3) is 1.61. The third-order valence-corrected chi connectivity index (χ3v) is 2.10. The smallest absolute Gasteiger partial charge is 0.287 e. The van der Waals surface area contributed by atoms with Crippen LogP contribution < -0.4 is 0 Å². The minimum Gasteiger partial charge on any atom is -0.450 e. The molecule has 2 heterocycles. The molecule has 2 aromatic rings. The van der Waals surface area contributed by atoms with Gasteiger partial charge < -0.3 is 4.42 Å². The van der Waals surface area contributed by atoms with Crippen LogP contribution in [0.15, 0.2) is 21.9 Å². The van der Waals surface area contributed by atoms with E-state index >= 15 is 0 Å². The summed E-state index contributed by atoms with van der Waals surface area (Å²) in [7, 11) is 0. The van der Waals surface area contributed by atoms with Crippen molar-refractivity contribution in [2.75, 3.05) is 0 Å². The molecule has 0 aliphatic rings. The summed E-state index contributed by atoms with van der Waals surface area (Å²) in [6.07, 6.45) is 0. The topological polar surface area (TPSA) is 56.0 Å². The average molecular weight is 215 g/mol. The monoisotopic (exact) mass is 214 g/mol. The van der Waals surface area contributed by atoms with Crippen molar-refractivity contribution in [3.8, 4) is 11.5 Å². The lowest BCUT2D eigenvalue weighted by Gasteiger charge is -1.86. The molecule has 13 heavy (non-hydrogen) atoms. The predicted octanol–water partition coefficient (Wildman–Crippen LogP) is 2.18. The van der Waals surface area contributed by atoms with Crippen LogP contribution in [-0.2, 0) is 0 Å². The van der Waals surface area contributed by atoms with Gasteiger partial charge in [-0.25, -0.2) is 0 Å². The Balaban J connectivity index is 2.39. The van der Waals surface area contributed by atoms with Gasteiger partial charge in [-0.3, -0.25) is 4.79 Å². The normalized spacial score (nSPS) is 10.2. The van der Waals surface area contributed by atoms with Crippen molar-refractivity contribution in [3.05, 3.63) is 23.3 Å². The highest BCUT2D eigenvalue weighted by molar-refractivity contribution is 7.03. The first-order valence-electron chi connectivity index (χ1n) is 3.34. The summed E-state index contributed by atoms with van der Waals surface area (Å²) in [6.45, 7) is 0. The molecule has 2 aromatic heterocycles. The van der Waals surface area contributed by atoms with Crippen molar-refractivity contribution in [1.82, 2.24) is 9.59 Å². The second-order valence-corrected chi connectivity index (χ2v) is 3.18. The number of nitrogens with zero attached hydrogens (tertiary/aromatic N) is 2. The maximum absolute atomic E-state index is 10.7. The van der Waals surface area contributed by atoms with E-state index in [4.69, 9.17) is 16.0 Å². The molecule has 2 rings (SSSR count). The van der Waals surface area contributed by atoms with E-state index in [-0.39, 0.29) is 5.76 Å².